The molecule has 1 aromatic heterocycles. The molecule has 0 N–H and O–H groups in total. The maximum atomic E-state index is 6.00. The number of ether oxygens (including phenoxy) is 4. The maximum Gasteiger partial charge on any atom is 0.195 e. The molecule has 9 nitrogen and oxygen atoms in total. The molecular formula is C28H39N5O4S. The summed E-state index contributed by atoms with van der Waals surface area (Å²) in [5.74, 6) is 2.23. The topological polar surface area (TPSA) is 74.1 Å². The molecule has 206 valence electrons. The van der Waals surface area contributed by atoms with Crippen LogP contribution in [0.2, 0.25) is 0 Å². The van der Waals surface area contributed by atoms with Crippen molar-refractivity contribution in [2.45, 2.75) is 31.5 Å². The van der Waals surface area contributed by atoms with Crippen LogP contribution in [-0.2, 0) is 16.0 Å². The molecule has 0 bridgehead atoms. The van der Waals surface area contributed by atoms with Gasteiger partial charge in [0, 0.05) is 58.7 Å². The van der Waals surface area contributed by atoms with E-state index in [2.05, 4.69) is 75.8 Å². The summed E-state index contributed by atoms with van der Waals surface area (Å²) in [6.45, 7) is 9.87. The van der Waals surface area contributed by atoms with Gasteiger partial charge in [-0.1, -0.05) is 37.7 Å². The Kier molecular flexibility index (Phi) is 10.0. The van der Waals surface area contributed by atoms with Crippen LogP contribution in [0.5, 0.6) is 11.5 Å². The minimum absolute atomic E-state index is 0.0995. The number of piperazine rings is 1. The van der Waals surface area contributed by atoms with Gasteiger partial charge in [0.1, 0.15) is 11.5 Å². The Bertz CT molecular complexity index is 1180. The quantitative estimate of drug-likeness (QED) is 0.244. The van der Waals surface area contributed by atoms with Gasteiger partial charge in [0.05, 0.1) is 5.56 Å². The van der Waals surface area contributed by atoms with E-state index in [0.717, 1.165) is 54.7 Å². The number of rotatable bonds is 12. The Morgan fingerprint density at radius 1 is 0.895 bits per heavy atom. The minimum atomic E-state index is 0.0995. The molecule has 0 aliphatic carbocycles. The third kappa shape index (κ3) is 6.68. The van der Waals surface area contributed by atoms with Crippen molar-refractivity contribution in [2.75, 3.05) is 67.3 Å². The molecule has 1 aliphatic rings. The van der Waals surface area contributed by atoms with Crippen molar-refractivity contribution in [1.82, 2.24) is 24.6 Å². The van der Waals surface area contributed by atoms with E-state index >= 15 is 0 Å². The van der Waals surface area contributed by atoms with Crippen molar-refractivity contribution in [3.05, 3.63) is 47.5 Å². The van der Waals surface area contributed by atoms with Crippen LogP contribution in [0.15, 0.2) is 41.6 Å². The highest BCUT2D eigenvalue weighted by Gasteiger charge is 2.23. The molecule has 1 fully saturated rings. The molecule has 0 saturated carbocycles. The van der Waals surface area contributed by atoms with Crippen LogP contribution in [0.25, 0.3) is 17.1 Å². The lowest BCUT2D eigenvalue weighted by Crippen LogP contribution is -2.43. The summed E-state index contributed by atoms with van der Waals surface area (Å²) >= 11 is 1.56. The fourth-order valence-electron chi connectivity index (χ4n) is 4.52. The van der Waals surface area contributed by atoms with Gasteiger partial charge in [0.25, 0.3) is 0 Å². The fraction of sp³-hybridized carbons (Fsp3) is 0.500. The Morgan fingerprint density at radius 2 is 1.55 bits per heavy atom. The highest BCUT2D eigenvalue weighted by Crippen LogP contribution is 2.40. The van der Waals surface area contributed by atoms with Crippen LogP contribution in [-0.4, -0.2) is 91.9 Å². The number of methoxy groups -OCH3 is 2. The summed E-state index contributed by atoms with van der Waals surface area (Å²) in [4.78, 5) is 4.88. The molecule has 0 spiro atoms. The lowest BCUT2D eigenvalue weighted by molar-refractivity contribution is 0.0457. The lowest BCUT2D eigenvalue weighted by atomic mass is 9.98. The number of likely N-dealkylation sites (N-methyl/N-ethyl adjacent to an activating group) is 1. The van der Waals surface area contributed by atoms with Crippen molar-refractivity contribution in [1.29, 1.82) is 0 Å². The molecule has 0 amide bonds. The first-order valence-electron chi connectivity index (χ1n) is 12.9. The monoisotopic (exact) mass is 541 g/mol. The highest BCUT2D eigenvalue weighted by atomic mass is 32.2. The predicted molar refractivity (Wildman–Crippen MR) is 150 cm³/mol. The average molecular weight is 542 g/mol. The minimum Gasteiger partial charge on any atom is -0.467 e. The predicted octanol–water partition coefficient (Wildman–Crippen LogP) is 4.49. The maximum absolute atomic E-state index is 6.00. The number of benzene rings is 2. The van der Waals surface area contributed by atoms with Gasteiger partial charge in [0.15, 0.2) is 24.6 Å². The van der Waals surface area contributed by atoms with E-state index in [1.807, 2.05) is 12.3 Å². The zero-order valence-electron chi connectivity index (χ0n) is 23.3. The second kappa shape index (κ2) is 13.4. The van der Waals surface area contributed by atoms with Crippen molar-refractivity contribution in [3.63, 3.8) is 0 Å². The number of nitrogens with zero attached hydrogens (tertiary/aromatic N) is 5. The zero-order chi connectivity index (χ0) is 27.1. The molecule has 1 aliphatic heterocycles. The smallest absolute Gasteiger partial charge is 0.195 e. The normalized spacial score (nSPS) is 14.8. The number of thioether (sulfide) groups is 1. The van der Waals surface area contributed by atoms with E-state index in [-0.39, 0.29) is 19.5 Å². The van der Waals surface area contributed by atoms with Gasteiger partial charge in [-0.15, -0.1) is 10.2 Å². The van der Waals surface area contributed by atoms with E-state index in [9.17, 15) is 0 Å². The first kappa shape index (κ1) is 28.4. The van der Waals surface area contributed by atoms with Gasteiger partial charge < -0.3 is 23.8 Å². The first-order valence-corrected chi connectivity index (χ1v) is 14.1. The van der Waals surface area contributed by atoms with Gasteiger partial charge in [-0.05, 0) is 48.5 Å². The Morgan fingerprint density at radius 3 is 2.16 bits per heavy atom. The third-order valence-electron chi connectivity index (χ3n) is 6.65. The molecule has 38 heavy (non-hydrogen) atoms. The van der Waals surface area contributed by atoms with Crippen molar-refractivity contribution in [2.24, 2.45) is 0 Å². The second-order valence-electron chi connectivity index (χ2n) is 9.73. The van der Waals surface area contributed by atoms with Gasteiger partial charge in [-0.3, -0.25) is 9.47 Å². The van der Waals surface area contributed by atoms with Gasteiger partial charge in [-0.25, -0.2) is 0 Å². The molecule has 2 heterocycles. The van der Waals surface area contributed by atoms with Crippen LogP contribution < -0.4 is 9.47 Å². The van der Waals surface area contributed by atoms with Crippen LogP contribution in [0.1, 0.15) is 30.9 Å². The summed E-state index contributed by atoms with van der Waals surface area (Å²) in [5.41, 5.74) is 4.15. The second-order valence-corrected chi connectivity index (χ2v) is 10.5. The number of aromatic nitrogens is 3. The van der Waals surface area contributed by atoms with Crippen molar-refractivity contribution >= 4 is 11.8 Å². The van der Waals surface area contributed by atoms with Crippen LogP contribution in [0.3, 0.4) is 0 Å². The summed E-state index contributed by atoms with van der Waals surface area (Å²) < 4.78 is 24.3. The van der Waals surface area contributed by atoms with E-state index in [1.165, 1.54) is 5.56 Å². The molecular weight excluding hydrogens is 502 g/mol. The standard InChI is InChI=1S/C28H39N5O4S/c1-20(2)23-15-24(26(37-19-35-5)16-25(23)36-18-34-4)27-29-30-28(38-6)33(27)22-9-7-21(8-10-22)17-32-13-11-31(3)12-14-32/h7-10,15-16,20H,11-14,17-19H2,1-6H3. The van der Waals surface area contributed by atoms with Crippen LogP contribution in [0.4, 0.5) is 0 Å². The molecule has 10 heteroatoms. The van der Waals surface area contributed by atoms with Gasteiger partial charge >= 0.3 is 0 Å². The number of hydrogen-bond donors (Lipinski definition) is 0. The Labute approximate surface area is 230 Å². The molecule has 3 aromatic rings. The van der Waals surface area contributed by atoms with E-state index < -0.39 is 0 Å². The molecule has 0 radical (unpaired) electrons. The molecule has 1 saturated heterocycles. The average Bonchev–Trinajstić information content (AvgIpc) is 3.36. The SMILES string of the molecule is COCOc1cc(OCOC)c(C(C)C)cc1-c1nnc(SC)n1-c1ccc(CN2CCN(C)CC2)cc1. The number of hydrogen-bond acceptors (Lipinski definition) is 9. The molecule has 2 aromatic carbocycles. The summed E-state index contributed by atoms with van der Waals surface area (Å²) in [7, 11) is 5.39. The summed E-state index contributed by atoms with van der Waals surface area (Å²) in [6.07, 6.45) is 2.01. The Hall–Kier alpha value is -2.63. The van der Waals surface area contributed by atoms with Gasteiger partial charge in [0.2, 0.25) is 0 Å². The highest BCUT2D eigenvalue weighted by molar-refractivity contribution is 7.98. The third-order valence-corrected chi connectivity index (χ3v) is 7.28. The van der Waals surface area contributed by atoms with Crippen molar-refractivity contribution < 1.29 is 18.9 Å². The fourth-order valence-corrected chi connectivity index (χ4v) is 5.01. The van der Waals surface area contributed by atoms with Crippen LogP contribution >= 0.6 is 11.8 Å². The van der Waals surface area contributed by atoms with E-state index in [4.69, 9.17) is 18.9 Å². The molecule has 0 unspecified atom stereocenters. The van der Waals surface area contributed by atoms with Crippen molar-refractivity contribution in [3.8, 4) is 28.6 Å². The van der Waals surface area contributed by atoms with E-state index in [1.54, 1.807) is 26.0 Å². The van der Waals surface area contributed by atoms with E-state index in [0.29, 0.717) is 17.3 Å². The zero-order valence-corrected chi connectivity index (χ0v) is 24.1. The van der Waals surface area contributed by atoms with Gasteiger partial charge in [-0.2, -0.15) is 0 Å². The molecule has 4 rings (SSSR count). The summed E-state index contributed by atoms with van der Waals surface area (Å²) in [5, 5.41) is 9.92. The summed E-state index contributed by atoms with van der Waals surface area (Å²) in [6, 6.07) is 12.7. The lowest BCUT2D eigenvalue weighted by Gasteiger charge is -2.32. The largest absolute Gasteiger partial charge is 0.467 e. The first-order chi connectivity index (χ1) is 18.4. The van der Waals surface area contributed by atoms with Crippen LogP contribution in [0, 0.1) is 0 Å². The Balaban J connectivity index is 1.72. The molecule has 0 atom stereocenters.